The van der Waals surface area contributed by atoms with Crippen molar-refractivity contribution in [3.63, 3.8) is 0 Å². The Bertz CT molecular complexity index is 742. The van der Waals surface area contributed by atoms with Gasteiger partial charge in [-0.1, -0.05) is 37.0 Å². The fourth-order valence-electron chi connectivity index (χ4n) is 2.70. The Morgan fingerprint density at radius 1 is 1.23 bits per heavy atom. The molecule has 0 radical (unpaired) electrons. The van der Waals surface area contributed by atoms with Gasteiger partial charge < -0.3 is 9.47 Å². The zero-order chi connectivity index (χ0) is 19.9. The van der Waals surface area contributed by atoms with Gasteiger partial charge in [0, 0.05) is 11.6 Å². The summed E-state index contributed by atoms with van der Waals surface area (Å²) in [4.78, 5) is 12.1. The van der Waals surface area contributed by atoms with Crippen molar-refractivity contribution in [3.8, 4) is 5.75 Å². The van der Waals surface area contributed by atoms with Gasteiger partial charge in [0.2, 0.25) is 0 Å². The van der Waals surface area contributed by atoms with E-state index < -0.39 is 53.2 Å². The van der Waals surface area contributed by atoms with E-state index in [0.717, 1.165) is 0 Å². The maximum atomic E-state index is 13.7. The van der Waals surface area contributed by atoms with Gasteiger partial charge in [-0.25, -0.2) is 8.78 Å². The van der Waals surface area contributed by atoms with Crippen LogP contribution in [0.1, 0.15) is 19.4 Å². The molecule has 0 N–H and O–H groups in total. The number of hydrogen-bond donors (Lipinski definition) is 0. The number of ether oxygens (including phenoxy) is 2. The van der Waals surface area contributed by atoms with Gasteiger partial charge in [0.25, 0.3) is 0 Å². The smallest absolute Gasteiger partial charge is 0.460 e. The zero-order valence-corrected chi connectivity index (χ0v) is 15.0. The molecule has 0 aliphatic heterocycles. The predicted octanol–water partition coefficient (Wildman–Crippen LogP) is 5.50. The van der Waals surface area contributed by atoms with E-state index in [1.54, 1.807) is 13.8 Å². The van der Waals surface area contributed by atoms with Crippen LogP contribution in [0.3, 0.4) is 0 Å². The summed E-state index contributed by atoms with van der Waals surface area (Å²) < 4.78 is 72.1. The molecular formula is C16H13Cl2F5O3. The summed E-state index contributed by atoms with van der Waals surface area (Å²) in [6, 6.07) is 0.723. The summed E-state index contributed by atoms with van der Waals surface area (Å²) in [7, 11) is 0. The van der Waals surface area contributed by atoms with E-state index in [4.69, 9.17) is 27.9 Å². The number of hydrogen-bond acceptors (Lipinski definition) is 3. The second kappa shape index (κ2) is 7.23. The first-order valence-corrected chi connectivity index (χ1v) is 8.01. The predicted molar refractivity (Wildman–Crippen MR) is 83.4 cm³/mol. The lowest BCUT2D eigenvalue weighted by Crippen LogP contribution is -2.18. The number of allylic oxidation sites excluding steroid dienone is 1. The maximum Gasteiger partial charge on any atom is 0.573 e. The van der Waals surface area contributed by atoms with Crippen LogP contribution in [-0.4, -0.2) is 12.3 Å². The third kappa shape index (κ3) is 4.79. The molecule has 1 aliphatic carbocycles. The number of carbonyl (C=O) groups excluding carboxylic acids is 1. The molecule has 1 aliphatic rings. The van der Waals surface area contributed by atoms with E-state index in [1.807, 2.05) is 0 Å². The average molecular weight is 419 g/mol. The lowest BCUT2D eigenvalue weighted by atomic mass is 10.1. The minimum absolute atomic E-state index is 0.0168. The molecular weight excluding hydrogens is 406 g/mol. The Morgan fingerprint density at radius 3 is 2.38 bits per heavy atom. The Balaban J connectivity index is 2.09. The molecule has 0 amide bonds. The average Bonchev–Trinajstić information content (AvgIpc) is 2.99. The SMILES string of the molecule is CC1(C)C(C=C(Cl)Cl)C1C(=O)OCc1cc(OC(F)(F)F)c(F)cc1F. The molecule has 2 rings (SSSR count). The summed E-state index contributed by atoms with van der Waals surface area (Å²) in [6.07, 6.45) is -3.67. The topological polar surface area (TPSA) is 35.5 Å². The summed E-state index contributed by atoms with van der Waals surface area (Å²) in [5.41, 5.74) is -0.946. The number of rotatable bonds is 5. The molecule has 3 nitrogen and oxygen atoms in total. The molecule has 2 atom stereocenters. The molecule has 0 bridgehead atoms. The quantitative estimate of drug-likeness (QED) is 0.467. The summed E-state index contributed by atoms with van der Waals surface area (Å²) in [6.45, 7) is 2.85. The number of alkyl halides is 3. The first-order valence-electron chi connectivity index (χ1n) is 7.26. The van der Waals surface area contributed by atoms with E-state index in [0.29, 0.717) is 6.07 Å². The van der Waals surface area contributed by atoms with Crippen molar-refractivity contribution in [2.45, 2.75) is 26.8 Å². The molecule has 0 spiro atoms. The molecule has 26 heavy (non-hydrogen) atoms. The van der Waals surface area contributed by atoms with Gasteiger partial charge in [-0.15, -0.1) is 13.2 Å². The number of benzene rings is 1. The lowest BCUT2D eigenvalue weighted by Gasteiger charge is -2.12. The molecule has 144 valence electrons. The van der Waals surface area contributed by atoms with Gasteiger partial charge in [0.05, 0.1) is 5.92 Å². The monoisotopic (exact) mass is 418 g/mol. The van der Waals surface area contributed by atoms with Crippen molar-refractivity contribution in [2.75, 3.05) is 0 Å². The van der Waals surface area contributed by atoms with E-state index in [2.05, 4.69) is 4.74 Å². The van der Waals surface area contributed by atoms with Gasteiger partial charge in [0.15, 0.2) is 11.6 Å². The van der Waals surface area contributed by atoms with Crippen molar-refractivity contribution >= 4 is 29.2 Å². The molecule has 1 saturated carbocycles. The van der Waals surface area contributed by atoms with Crippen LogP contribution in [0.25, 0.3) is 0 Å². The van der Waals surface area contributed by atoms with E-state index in [1.165, 1.54) is 6.08 Å². The zero-order valence-electron chi connectivity index (χ0n) is 13.5. The van der Waals surface area contributed by atoms with Crippen LogP contribution in [0.2, 0.25) is 0 Å². The van der Waals surface area contributed by atoms with Crippen molar-refractivity contribution in [3.05, 3.63) is 39.9 Å². The number of carbonyl (C=O) groups is 1. The molecule has 2 unspecified atom stereocenters. The highest BCUT2D eigenvalue weighted by molar-refractivity contribution is 6.55. The first-order chi connectivity index (χ1) is 11.8. The van der Waals surface area contributed by atoms with Crippen molar-refractivity contribution in [1.29, 1.82) is 0 Å². The first kappa shape index (κ1) is 20.8. The van der Waals surface area contributed by atoms with E-state index >= 15 is 0 Å². The fourth-order valence-corrected chi connectivity index (χ4v) is 2.97. The third-order valence-corrected chi connectivity index (χ3v) is 4.42. The van der Waals surface area contributed by atoms with Gasteiger partial charge >= 0.3 is 12.3 Å². The normalized spacial score (nSPS) is 21.1. The van der Waals surface area contributed by atoms with Crippen LogP contribution in [0.5, 0.6) is 5.75 Å². The second-order valence-corrected chi connectivity index (χ2v) is 7.32. The Hall–Kier alpha value is -1.54. The molecule has 0 aromatic heterocycles. The summed E-state index contributed by atoms with van der Waals surface area (Å²) in [5.74, 6) is -5.49. The molecule has 10 heteroatoms. The molecule has 0 heterocycles. The van der Waals surface area contributed by atoms with E-state index in [-0.39, 0.29) is 16.5 Å². The Labute approximate surface area is 155 Å². The number of esters is 1. The van der Waals surface area contributed by atoms with Crippen LogP contribution in [0.4, 0.5) is 22.0 Å². The molecule has 1 aromatic rings. The highest BCUT2D eigenvalue weighted by atomic mass is 35.5. The van der Waals surface area contributed by atoms with Gasteiger partial charge in [-0.05, 0) is 23.5 Å². The van der Waals surface area contributed by atoms with Crippen molar-refractivity contribution < 1.29 is 36.2 Å². The van der Waals surface area contributed by atoms with Crippen LogP contribution >= 0.6 is 23.2 Å². The van der Waals surface area contributed by atoms with Crippen LogP contribution in [0.15, 0.2) is 22.7 Å². The lowest BCUT2D eigenvalue weighted by molar-refractivity contribution is -0.275. The standard InChI is InChI=1S/C16H13Cl2F5O3/c1-15(2)8(4-12(17)18)13(15)14(24)25-6-7-3-11(26-16(21,22)23)10(20)5-9(7)19/h3-5,8,13H,6H2,1-2H3. The van der Waals surface area contributed by atoms with E-state index in [9.17, 15) is 26.7 Å². The highest BCUT2D eigenvalue weighted by Crippen LogP contribution is 2.60. The minimum Gasteiger partial charge on any atom is -0.460 e. The van der Waals surface area contributed by atoms with Crippen LogP contribution in [0, 0.1) is 28.9 Å². The van der Waals surface area contributed by atoms with Crippen LogP contribution < -0.4 is 4.74 Å². The van der Waals surface area contributed by atoms with Gasteiger partial charge in [-0.3, -0.25) is 4.79 Å². The number of halogens is 7. The molecule has 1 aromatic carbocycles. The van der Waals surface area contributed by atoms with Crippen molar-refractivity contribution in [1.82, 2.24) is 0 Å². The van der Waals surface area contributed by atoms with Gasteiger partial charge in [-0.2, -0.15) is 0 Å². The summed E-state index contributed by atoms with van der Waals surface area (Å²) in [5, 5.41) is 0. The van der Waals surface area contributed by atoms with Gasteiger partial charge in [0.1, 0.15) is 16.9 Å². The Morgan fingerprint density at radius 2 is 1.85 bits per heavy atom. The van der Waals surface area contributed by atoms with Crippen molar-refractivity contribution in [2.24, 2.45) is 17.3 Å². The molecule has 1 fully saturated rings. The largest absolute Gasteiger partial charge is 0.573 e. The second-order valence-electron chi connectivity index (χ2n) is 6.31. The summed E-state index contributed by atoms with van der Waals surface area (Å²) >= 11 is 11.1. The minimum atomic E-state index is -5.15. The molecule has 0 saturated heterocycles. The van der Waals surface area contributed by atoms with Crippen LogP contribution in [-0.2, 0) is 16.1 Å². The highest BCUT2D eigenvalue weighted by Gasteiger charge is 2.61. The maximum absolute atomic E-state index is 13.7. The Kier molecular flexibility index (Phi) is 5.77. The third-order valence-electron chi connectivity index (χ3n) is 4.17. The fraction of sp³-hybridized carbons (Fsp3) is 0.438.